The van der Waals surface area contributed by atoms with Crippen LogP contribution in [0.2, 0.25) is 0 Å². The van der Waals surface area contributed by atoms with Crippen molar-refractivity contribution in [3.05, 3.63) is 35.4 Å². The molecule has 4 nitrogen and oxygen atoms in total. The molecule has 0 saturated carbocycles. The minimum atomic E-state index is -0.942. The van der Waals surface area contributed by atoms with Crippen molar-refractivity contribution in [2.24, 2.45) is 11.7 Å². The Labute approximate surface area is 122 Å². The van der Waals surface area contributed by atoms with E-state index < -0.39 is 23.6 Å². The van der Waals surface area contributed by atoms with Gasteiger partial charge in [0.25, 0.3) is 0 Å². The number of hydrogen-bond donors (Lipinski definition) is 2. The van der Waals surface area contributed by atoms with E-state index in [1.54, 1.807) is 0 Å². The molecule has 0 aliphatic heterocycles. The molecule has 2 atom stereocenters. The number of rotatable bonds is 7. The second kappa shape index (κ2) is 7.71. The van der Waals surface area contributed by atoms with E-state index in [9.17, 15) is 18.4 Å². The lowest BCUT2D eigenvalue weighted by Gasteiger charge is -2.21. The normalized spacial score (nSPS) is 13.5. The third-order valence-corrected chi connectivity index (χ3v) is 3.46. The fourth-order valence-electron chi connectivity index (χ4n) is 1.93. The molecule has 116 valence electrons. The molecule has 0 radical (unpaired) electrons. The SMILES string of the molecule is CCC(C)C(NC(=O)CCc1ccc(F)c(F)c1)C(N)=O. The van der Waals surface area contributed by atoms with Crippen LogP contribution in [0.4, 0.5) is 8.78 Å². The van der Waals surface area contributed by atoms with Crippen LogP contribution in [0.5, 0.6) is 0 Å². The number of benzene rings is 1. The van der Waals surface area contributed by atoms with E-state index in [0.717, 1.165) is 12.1 Å². The lowest BCUT2D eigenvalue weighted by atomic mass is 9.98. The van der Waals surface area contributed by atoms with Crippen molar-refractivity contribution >= 4 is 11.8 Å². The molecule has 2 unspecified atom stereocenters. The lowest BCUT2D eigenvalue weighted by Crippen LogP contribution is -2.48. The van der Waals surface area contributed by atoms with Gasteiger partial charge in [-0.15, -0.1) is 0 Å². The van der Waals surface area contributed by atoms with Crippen LogP contribution in [0.25, 0.3) is 0 Å². The highest BCUT2D eigenvalue weighted by molar-refractivity contribution is 5.86. The van der Waals surface area contributed by atoms with E-state index in [1.807, 2.05) is 13.8 Å². The second-order valence-electron chi connectivity index (χ2n) is 5.08. The molecule has 0 saturated heterocycles. The average Bonchev–Trinajstić information content (AvgIpc) is 2.44. The first-order valence-electron chi connectivity index (χ1n) is 6.87. The Morgan fingerprint density at radius 2 is 1.95 bits per heavy atom. The van der Waals surface area contributed by atoms with Crippen LogP contribution in [0.1, 0.15) is 32.3 Å². The van der Waals surface area contributed by atoms with Gasteiger partial charge in [-0.2, -0.15) is 0 Å². The summed E-state index contributed by atoms with van der Waals surface area (Å²) in [5.41, 5.74) is 5.78. The van der Waals surface area contributed by atoms with Crippen LogP contribution in [0, 0.1) is 17.6 Å². The molecule has 2 amide bonds. The minimum absolute atomic E-state index is 0.0604. The fourth-order valence-corrected chi connectivity index (χ4v) is 1.93. The molecule has 0 aromatic heterocycles. The molecule has 0 aliphatic rings. The van der Waals surface area contributed by atoms with Crippen LogP contribution >= 0.6 is 0 Å². The third-order valence-electron chi connectivity index (χ3n) is 3.46. The minimum Gasteiger partial charge on any atom is -0.368 e. The maximum atomic E-state index is 13.0. The van der Waals surface area contributed by atoms with E-state index in [2.05, 4.69) is 5.32 Å². The van der Waals surface area contributed by atoms with E-state index in [1.165, 1.54) is 6.07 Å². The topological polar surface area (TPSA) is 72.2 Å². The van der Waals surface area contributed by atoms with Crippen molar-refractivity contribution in [1.29, 1.82) is 0 Å². The summed E-state index contributed by atoms with van der Waals surface area (Å²) in [6.45, 7) is 3.72. The molecule has 1 aromatic carbocycles. The van der Waals surface area contributed by atoms with E-state index in [4.69, 9.17) is 5.73 Å². The number of amides is 2. The zero-order valence-electron chi connectivity index (χ0n) is 12.2. The highest BCUT2D eigenvalue weighted by Gasteiger charge is 2.23. The summed E-state index contributed by atoms with van der Waals surface area (Å²) in [5.74, 6) is -2.85. The largest absolute Gasteiger partial charge is 0.368 e. The monoisotopic (exact) mass is 298 g/mol. The van der Waals surface area contributed by atoms with E-state index in [-0.39, 0.29) is 24.7 Å². The molecule has 0 aliphatic carbocycles. The van der Waals surface area contributed by atoms with Gasteiger partial charge in [-0.05, 0) is 30.0 Å². The van der Waals surface area contributed by atoms with Crippen molar-refractivity contribution in [3.8, 4) is 0 Å². The third kappa shape index (κ3) is 5.13. The van der Waals surface area contributed by atoms with Crippen LogP contribution in [-0.2, 0) is 16.0 Å². The van der Waals surface area contributed by atoms with Crippen LogP contribution < -0.4 is 11.1 Å². The zero-order chi connectivity index (χ0) is 16.0. The van der Waals surface area contributed by atoms with Gasteiger partial charge in [0.2, 0.25) is 11.8 Å². The molecule has 0 fully saturated rings. The Hall–Kier alpha value is -1.98. The summed E-state index contributed by atoms with van der Waals surface area (Å²) in [6.07, 6.45) is 1.04. The Bertz CT molecular complexity index is 520. The molecule has 0 spiro atoms. The van der Waals surface area contributed by atoms with Gasteiger partial charge < -0.3 is 11.1 Å². The Balaban J connectivity index is 2.56. The van der Waals surface area contributed by atoms with Gasteiger partial charge in [0.15, 0.2) is 11.6 Å². The van der Waals surface area contributed by atoms with Gasteiger partial charge in [0.05, 0.1) is 0 Å². The predicted octanol–water partition coefficient (Wildman–Crippen LogP) is 1.91. The van der Waals surface area contributed by atoms with Crippen molar-refractivity contribution in [1.82, 2.24) is 5.32 Å². The first-order valence-corrected chi connectivity index (χ1v) is 6.87. The maximum absolute atomic E-state index is 13.0. The number of aryl methyl sites for hydroxylation is 1. The summed E-state index contributed by atoms with van der Waals surface area (Å²) in [7, 11) is 0. The van der Waals surface area contributed by atoms with Gasteiger partial charge in [-0.1, -0.05) is 26.3 Å². The van der Waals surface area contributed by atoms with Crippen molar-refractivity contribution in [2.45, 2.75) is 39.2 Å². The first kappa shape index (κ1) is 17.1. The smallest absolute Gasteiger partial charge is 0.240 e. The van der Waals surface area contributed by atoms with E-state index in [0.29, 0.717) is 12.0 Å². The number of nitrogens with one attached hydrogen (secondary N) is 1. The molecule has 0 heterocycles. The molecule has 0 bridgehead atoms. The Morgan fingerprint density at radius 3 is 2.48 bits per heavy atom. The highest BCUT2D eigenvalue weighted by Crippen LogP contribution is 2.11. The van der Waals surface area contributed by atoms with E-state index >= 15 is 0 Å². The Kier molecular flexibility index (Phi) is 6.27. The number of primary amides is 1. The van der Waals surface area contributed by atoms with Gasteiger partial charge in [0.1, 0.15) is 6.04 Å². The molecule has 1 aromatic rings. The molecule has 6 heteroatoms. The van der Waals surface area contributed by atoms with Crippen LogP contribution in [0.15, 0.2) is 18.2 Å². The molecule has 21 heavy (non-hydrogen) atoms. The van der Waals surface area contributed by atoms with Crippen molar-refractivity contribution in [2.75, 3.05) is 0 Å². The number of carbonyl (C=O) groups is 2. The van der Waals surface area contributed by atoms with Gasteiger partial charge in [0, 0.05) is 6.42 Å². The molecular weight excluding hydrogens is 278 g/mol. The van der Waals surface area contributed by atoms with Crippen LogP contribution in [-0.4, -0.2) is 17.9 Å². The number of nitrogens with two attached hydrogens (primary N) is 1. The lowest BCUT2D eigenvalue weighted by molar-refractivity contribution is -0.128. The quantitative estimate of drug-likeness (QED) is 0.807. The van der Waals surface area contributed by atoms with Crippen LogP contribution in [0.3, 0.4) is 0 Å². The maximum Gasteiger partial charge on any atom is 0.240 e. The van der Waals surface area contributed by atoms with Gasteiger partial charge in [-0.25, -0.2) is 8.78 Å². The zero-order valence-corrected chi connectivity index (χ0v) is 12.2. The average molecular weight is 298 g/mol. The number of halogens is 2. The summed E-state index contributed by atoms with van der Waals surface area (Å²) in [6, 6.07) is 2.79. The molecular formula is C15H20F2N2O2. The standard InChI is InChI=1S/C15H20F2N2O2/c1-3-9(2)14(15(18)21)19-13(20)7-5-10-4-6-11(16)12(17)8-10/h4,6,8-9,14H,3,5,7H2,1-2H3,(H2,18,21)(H,19,20). The highest BCUT2D eigenvalue weighted by atomic mass is 19.2. The summed E-state index contributed by atoms with van der Waals surface area (Å²) in [5, 5.41) is 2.58. The summed E-state index contributed by atoms with van der Waals surface area (Å²) in [4.78, 5) is 23.1. The summed E-state index contributed by atoms with van der Waals surface area (Å²) < 4.78 is 25.8. The first-order chi connectivity index (χ1) is 9.85. The number of hydrogen-bond acceptors (Lipinski definition) is 2. The number of carbonyl (C=O) groups excluding carboxylic acids is 2. The summed E-state index contributed by atoms with van der Waals surface area (Å²) >= 11 is 0. The molecule has 3 N–H and O–H groups in total. The van der Waals surface area contributed by atoms with Gasteiger partial charge >= 0.3 is 0 Å². The second-order valence-corrected chi connectivity index (χ2v) is 5.08. The Morgan fingerprint density at radius 1 is 1.29 bits per heavy atom. The van der Waals surface area contributed by atoms with Gasteiger partial charge in [-0.3, -0.25) is 9.59 Å². The van der Waals surface area contributed by atoms with Crippen molar-refractivity contribution < 1.29 is 18.4 Å². The van der Waals surface area contributed by atoms with Crippen molar-refractivity contribution in [3.63, 3.8) is 0 Å². The molecule has 1 rings (SSSR count). The predicted molar refractivity (Wildman–Crippen MR) is 75.3 cm³/mol. The fraction of sp³-hybridized carbons (Fsp3) is 0.467.